The van der Waals surface area contributed by atoms with Gasteiger partial charge >= 0.3 is 0 Å². The van der Waals surface area contributed by atoms with Gasteiger partial charge in [0.2, 0.25) is 5.91 Å². The number of hydrogen-bond acceptors (Lipinski definition) is 5. The van der Waals surface area contributed by atoms with Crippen molar-refractivity contribution in [3.05, 3.63) is 89.8 Å². The minimum Gasteiger partial charge on any atom is -0.497 e. The number of benzene rings is 2. The minimum atomic E-state index is -0.246. The zero-order valence-corrected chi connectivity index (χ0v) is 17.9. The fourth-order valence-corrected chi connectivity index (χ4v) is 3.00. The molecule has 1 unspecified atom stereocenters. The molecule has 0 aliphatic heterocycles. The van der Waals surface area contributed by atoms with Crippen LogP contribution in [0.4, 0.5) is 0 Å². The van der Waals surface area contributed by atoms with Gasteiger partial charge in [-0.1, -0.05) is 18.2 Å². The van der Waals surface area contributed by atoms with Crippen molar-refractivity contribution in [3.63, 3.8) is 0 Å². The average Bonchev–Trinajstić information content (AvgIpc) is 2.82. The van der Waals surface area contributed by atoms with Crippen molar-refractivity contribution in [1.29, 1.82) is 0 Å². The molecule has 6 heteroatoms. The number of amides is 1. The van der Waals surface area contributed by atoms with E-state index in [1.807, 2.05) is 67.6 Å². The van der Waals surface area contributed by atoms with E-state index < -0.39 is 0 Å². The number of pyridine rings is 1. The lowest BCUT2D eigenvalue weighted by atomic mass is 10.1. The van der Waals surface area contributed by atoms with Gasteiger partial charge in [-0.25, -0.2) is 0 Å². The smallest absolute Gasteiger partial charge is 0.244 e. The first-order valence-corrected chi connectivity index (χ1v) is 9.92. The molecule has 0 aliphatic rings. The number of rotatable bonds is 9. The van der Waals surface area contributed by atoms with Crippen molar-refractivity contribution in [1.82, 2.24) is 10.3 Å². The Kier molecular flexibility index (Phi) is 7.65. The predicted octanol–water partition coefficient (Wildman–Crippen LogP) is 4.57. The zero-order chi connectivity index (χ0) is 22.1. The topological polar surface area (TPSA) is 69.7 Å². The molecule has 0 bridgehead atoms. The number of nitrogens with one attached hydrogen (secondary N) is 1. The van der Waals surface area contributed by atoms with E-state index in [4.69, 9.17) is 14.2 Å². The molecule has 2 aromatic carbocycles. The summed E-state index contributed by atoms with van der Waals surface area (Å²) in [7, 11) is 3.20. The van der Waals surface area contributed by atoms with E-state index in [0.717, 1.165) is 22.6 Å². The fraction of sp³-hybridized carbons (Fsp3) is 0.200. The van der Waals surface area contributed by atoms with Crippen molar-refractivity contribution < 1.29 is 19.0 Å². The van der Waals surface area contributed by atoms with E-state index in [1.54, 1.807) is 26.5 Å². The highest BCUT2D eigenvalue weighted by molar-refractivity contribution is 5.92. The van der Waals surface area contributed by atoms with Gasteiger partial charge in [0.15, 0.2) is 0 Å². The average molecular weight is 418 g/mol. The second-order valence-corrected chi connectivity index (χ2v) is 6.85. The lowest BCUT2D eigenvalue weighted by Gasteiger charge is -2.17. The SMILES string of the molecule is COc1ccc(OC)c(C(C)NC(=O)C=Cc2ccc(OCc3ccccn3)cc2)c1. The lowest BCUT2D eigenvalue weighted by Crippen LogP contribution is -2.25. The summed E-state index contributed by atoms with van der Waals surface area (Å²) < 4.78 is 16.4. The number of carbonyl (C=O) groups excluding carboxylic acids is 1. The van der Waals surface area contributed by atoms with Gasteiger partial charge in [0.1, 0.15) is 23.9 Å². The summed E-state index contributed by atoms with van der Waals surface area (Å²) in [5, 5.41) is 2.95. The molecule has 0 spiro atoms. The van der Waals surface area contributed by atoms with E-state index in [-0.39, 0.29) is 11.9 Å². The zero-order valence-electron chi connectivity index (χ0n) is 17.9. The summed E-state index contributed by atoms with van der Waals surface area (Å²) >= 11 is 0. The van der Waals surface area contributed by atoms with Crippen LogP contribution in [0.3, 0.4) is 0 Å². The van der Waals surface area contributed by atoms with Crippen molar-refractivity contribution in [2.24, 2.45) is 0 Å². The molecule has 160 valence electrons. The number of methoxy groups -OCH3 is 2. The first-order chi connectivity index (χ1) is 15.1. The number of aromatic nitrogens is 1. The summed E-state index contributed by atoms with van der Waals surface area (Å²) in [5.74, 6) is 1.94. The molecule has 0 saturated heterocycles. The van der Waals surface area contributed by atoms with Crippen molar-refractivity contribution in [2.45, 2.75) is 19.6 Å². The Balaban J connectivity index is 1.56. The van der Waals surface area contributed by atoms with Gasteiger partial charge in [0, 0.05) is 17.8 Å². The number of hydrogen-bond donors (Lipinski definition) is 1. The maximum Gasteiger partial charge on any atom is 0.244 e. The van der Waals surface area contributed by atoms with Crippen LogP contribution in [0.15, 0.2) is 72.9 Å². The summed E-state index contributed by atoms with van der Waals surface area (Å²) in [6.45, 7) is 2.31. The molecule has 0 radical (unpaired) electrons. The molecule has 1 amide bonds. The molecule has 3 aromatic rings. The summed E-state index contributed by atoms with van der Waals surface area (Å²) in [4.78, 5) is 16.6. The highest BCUT2D eigenvalue weighted by Crippen LogP contribution is 2.29. The van der Waals surface area contributed by atoms with Crippen LogP contribution >= 0.6 is 0 Å². The van der Waals surface area contributed by atoms with Gasteiger partial charge < -0.3 is 19.5 Å². The van der Waals surface area contributed by atoms with E-state index in [9.17, 15) is 4.79 Å². The molecule has 1 N–H and O–H groups in total. The molecule has 1 aromatic heterocycles. The monoisotopic (exact) mass is 418 g/mol. The molecular formula is C25H26N2O4. The van der Waals surface area contributed by atoms with E-state index in [0.29, 0.717) is 18.1 Å². The molecule has 0 aliphatic carbocycles. The Labute approximate surface area is 182 Å². The molecule has 6 nitrogen and oxygen atoms in total. The van der Waals surface area contributed by atoms with Crippen LogP contribution in [0.5, 0.6) is 17.2 Å². The number of ether oxygens (including phenoxy) is 3. The maximum atomic E-state index is 12.4. The van der Waals surface area contributed by atoms with E-state index in [2.05, 4.69) is 10.3 Å². The Morgan fingerprint density at radius 2 is 1.81 bits per heavy atom. The van der Waals surface area contributed by atoms with Gasteiger partial charge in [0.25, 0.3) is 0 Å². The standard InChI is InChI=1S/C25H26N2O4/c1-18(23-16-22(29-2)12-13-24(23)30-3)27-25(28)14-9-19-7-10-21(11-8-19)31-17-20-6-4-5-15-26-20/h4-16,18H,17H2,1-3H3,(H,27,28). The first-order valence-electron chi connectivity index (χ1n) is 9.92. The van der Waals surface area contributed by atoms with Gasteiger partial charge in [-0.3, -0.25) is 9.78 Å². The third-order valence-electron chi connectivity index (χ3n) is 4.68. The van der Waals surface area contributed by atoms with Crippen LogP contribution in [-0.2, 0) is 11.4 Å². The van der Waals surface area contributed by atoms with Gasteiger partial charge in [0.05, 0.1) is 26.0 Å². The maximum absolute atomic E-state index is 12.4. The molecule has 0 fully saturated rings. The molecule has 0 saturated carbocycles. The largest absolute Gasteiger partial charge is 0.497 e. The minimum absolute atomic E-state index is 0.201. The number of carbonyl (C=O) groups is 1. The second-order valence-electron chi connectivity index (χ2n) is 6.85. The highest BCUT2D eigenvalue weighted by Gasteiger charge is 2.14. The van der Waals surface area contributed by atoms with E-state index in [1.165, 1.54) is 6.08 Å². The van der Waals surface area contributed by atoms with Crippen LogP contribution in [0.2, 0.25) is 0 Å². The molecular weight excluding hydrogens is 392 g/mol. The predicted molar refractivity (Wildman–Crippen MR) is 120 cm³/mol. The summed E-state index contributed by atoms with van der Waals surface area (Å²) in [6, 6.07) is 18.5. The molecule has 1 heterocycles. The van der Waals surface area contributed by atoms with Crippen molar-refractivity contribution >= 4 is 12.0 Å². The molecule has 31 heavy (non-hydrogen) atoms. The lowest BCUT2D eigenvalue weighted by molar-refractivity contribution is -0.117. The van der Waals surface area contributed by atoms with Gasteiger partial charge in [-0.05, 0) is 61.0 Å². The quantitative estimate of drug-likeness (QED) is 0.516. The Bertz CT molecular complexity index is 1020. The van der Waals surface area contributed by atoms with Crippen LogP contribution in [-0.4, -0.2) is 25.1 Å². The highest BCUT2D eigenvalue weighted by atomic mass is 16.5. The van der Waals surface area contributed by atoms with Crippen LogP contribution < -0.4 is 19.5 Å². The van der Waals surface area contributed by atoms with Crippen LogP contribution in [0, 0.1) is 0 Å². The molecule has 3 rings (SSSR count). The Hall–Kier alpha value is -3.80. The summed E-state index contributed by atoms with van der Waals surface area (Å²) in [5.41, 5.74) is 2.61. The Morgan fingerprint density at radius 3 is 2.48 bits per heavy atom. The summed E-state index contributed by atoms with van der Waals surface area (Å²) in [6.07, 6.45) is 5.00. The van der Waals surface area contributed by atoms with Crippen LogP contribution in [0.25, 0.3) is 6.08 Å². The normalized spacial score (nSPS) is 11.7. The van der Waals surface area contributed by atoms with Crippen molar-refractivity contribution in [3.8, 4) is 17.2 Å². The number of nitrogens with zero attached hydrogens (tertiary/aromatic N) is 1. The third-order valence-corrected chi connectivity index (χ3v) is 4.68. The third kappa shape index (κ3) is 6.34. The van der Waals surface area contributed by atoms with Crippen LogP contribution in [0.1, 0.15) is 29.8 Å². The molecule has 1 atom stereocenters. The second kappa shape index (κ2) is 10.8. The van der Waals surface area contributed by atoms with Crippen molar-refractivity contribution in [2.75, 3.05) is 14.2 Å². The Morgan fingerprint density at radius 1 is 1.03 bits per heavy atom. The fourth-order valence-electron chi connectivity index (χ4n) is 3.00. The first kappa shape index (κ1) is 21.9. The van der Waals surface area contributed by atoms with Gasteiger partial charge in [-0.2, -0.15) is 0 Å². The van der Waals surface area contributed by atoms with E-state index >= 15 is 0 Å². The van der Waals surface area contributed by atoms with Gasteiger partial charge in [-0.15, -0.1) is 0 Å².